The maximum absolute atomic E-state index is 15.5. The van der Waals surface area contributed by atoms with Crippen molar-refractivity contribution in [1.29, 1.82) is 0 Å². The Kier molecular flexibility index (Phi) is 18.3. The fraction of sp³-hybridized carbons (Fsp3) is 0.483. The van der Waals surface area contributed by atoms with Gasteiger partial charge in [-0.25, -0.2) is 14.4 Å². The van der Waals surface area contributed by atoms with Crippen LogP contribution < -0.4 is 16.0 Å². The van der Waals surface area contributed by atoms with Crippen LogP contribution in [0.5, 0.6) is 0 Å². The molecule has 6 aliphatic heterocycles. The van der Waals surface area contributed by atoms with Crippen LogP contribution in [0.2, 0.25) is 0 Å². The van der Waals surface area contributed by atoms with Crippen molar-refractivity contribution in [2.24, 2.45) is 0 Å². The highest BCUT2D eigenvalue weighted by Gasteiger charge is 2.63. The zero-order valence-corrected chi connectivity index (χ0v) is 47.8. The molecule has 6 heterocycles. The minimum atomic E-state index is -1.94. The number of carbonyl (C=O) groups is 12. The molecule has 3 aromatic carbocycles. The Morgan fingerprint density at radius 1 is 0.541 bits per heavy atom. The average Bonchev–Trinajstić information content (AvgIpc) is 1.71. The number of methoxy groups -OCH3 is 3. The number of hydrogen-bond donors (Lipinski definition) is 3. The van der Waals surface area contributed by atoms with Crippen LogP contribution in [0, 0.1) is 0 Å². The van der Waals surface area contributed by atoms with Gasteiger partial charge in [-0.1, -0.05) is 91.0 Å². The summed E-state index contributed by atoms with van der Waals surface area (Å²) in [6.07, 6.45) is -1.10. The molecular weight excluding hydrogens is 1100 g/mol. The molecule has 0 radical (unpaired) electrons. The Morgan fingerprint density at radius 3 is 1.26 bits per heavy atom. The van der Waals surface area contributed by atoms with Gasteiger partial charge in [0.2, 0.25) is 35.4 Å². The fourth-order valence-electron chi connectivity index (χ4n) is 12.1. The molecular formula is C58H70N12O15. The second kappa shape index (κ2) is 25.6. The molecule has 0 unspecified atom stereocenters. The van der Waals surface area contributed by atoms with Gasteiger partial charge < -0.3 is 69.3 Å². The van der Waals surface area contributed by atoms with Crippen LogP contribution in [0.4, 0.5) is 14.4 Å². The third-order valence-corrected chi connectivity index (χ3v) is 16.6. The molecule has 14 amide bonds. The number of imide groups is 2. The van der Waals surface area contributed by atoms with Gasteiger partial charge in [0.15, 0.2) is 0 Å². The van der Waals surface area contributed by atoms with E-state index < -0.39 is 159 Å². The van der Waals surface area contributed by atoms with Crippen LogP contribution >= 0.6 is 0 Å². The maximum Gasteiger partial charge on any atom is 0.325 e. The van der Waals surface area contributed by atoms with E-state index in [1.165, 1.54) is 33.3 Å². The molecule has 0 bridgehead atoms. The van der Waals surface area contributed by atoms with Gasteiger partial charge in [0.05, 0.1) is 72.2 Å². The van der Waals surface area contributed by atoms with Crippen LogP contribution in [-0.4, -0.2) is 258 Å². The van der Waals surface area contributed by atoms with Crippen molar-refractivity contribution >= 4 is 71.6 Å². The first kappa shape index (κ1) is 60.8. The van der Waals surface area contributed by atoms with Crippen molar-refractivity contribution in [2.75, 3.05) is 107 Å². The summed E-state index contributed by atoms with van der Waals surface area (Å²) >= 11 is 0. The summed E-state index contributed by atoms with van der Waals surface area (Å²) in [5, 5.41) is 8.24. The van der Waals surface area contributed by atoms with Crippen molar-refractivity contribution in [3.63, 3.8) is 0 Å². The first-order chi connectivity index (χ1) is 40.8. The summed E-state index contributed by atoms with van der Waals surface area (Å²) < 4.78 is 16.2. The van der Waals surface area contributed by atoms with E-state index in [1.807, 2.05) is 0 Å². The minimum absolute atomic E-state index is 0.101. The smallest absolute Gasteiger partial charge is 0.325 e. The number of amides is 14. The second-order valence-corrected chi connectivity index (χ2v) is 22.3. The fourth-order valence-corrected chi connectivity index (χ4v) is 12.1. The van der Waals surface area contributed by atoms with Gasteiger partial charge >= 0.3 is 18.1 Å². The molecule has 2 spiro atoms. The van der Waals surface area contributed by atoms with Gasteiger partial charge in [0, 0.05) is 73.8 Å². The summed E-state index contributed by atoms with van der Waals surface area (Å²) in [5.41, 5.74) is -3.79. The number of fused-ring (bicyclic) bond motifs is 3. The number of hydrogen-bond acceptors (Lipinski definition) is 15. The lowest BCUT2D eigenvalue weighted by Crippen LogP contribution is -2.58. The standard InChI is InChI=1S/C58H70N12O15/c1-62(29-39-14-8-5-9-15-39)53(80)59-56(38-71)26-42-48(75)63(20-23-83-2)33-46(73)69-36-58(52(79)67(55(82)61-58)31-41-18-12-7-13-19-41)28-44(69)50(77)65(22-25-85-4)34-47(74)70-37-57(51(78)66(54(81)60-57)30-40-16-10-6-11-17-40)27-43(70)49(76)64(21-24-84-3)32-45(72)68(42)35-56/h5-19,38,42-44H,20-37H2,1-4H3,(H,59,80)(H,60,81)(H,61,82)/t42-,43-,44-,56-,57-,58-/m0/s1. The highest BCUT2D eigenvalue weighted by Crippen LogP contribution is 2.38. The van der Waals surface area contributed by atoms with E-state index in [0.717, 1.165) is 44.8 Å². The quantitative estimate of drug-likeness (QED) is 0.108. The number of aldehydes is 1. The molecule has 6 saturated heterocycles. The van der Waals surface area contributed by atoms with Gasteiger partial charge in [0.1, 0.15) is 41.0 Å². The Labute approximate surface area is 490 Å². The number of ether oxygens (including phenoxy) is 3. The molecule has 9 rings (SSSR count). The van der Waals surface area contributed by atoms with Crippen molar-refractivity contribution < 1.29 is 71.7 Å². The first-order valence-electron chi connectivity index (χ1n) is 27.9. The second-order valence-electron chi connectivity index (χ2n) is 22.3. The first-order valence-corrected chi connectivity index (χ1v) is 27.9. The van der Waals surface area contributed by atoms with Crippen LogP contribution in [0.25, 0.3) is 0 Å². The Hall–Kier alpha value is -8.82. The molecule has 27 heteroatoms. The van der Waals surface area contributed by atoms with E-state index >= 15 is 28.8 Å². The molecule has 3 aromatic rings. The lowest BCUT2D eigenvalue weighted by atomic mass is 9.95. The van der Waals surface area contributed by atoms with E-state index in [0.29, 0.717) is 17.4 Å². The Bertz CT molecular complexity index is 3010. The largest absolute Gasteiger partial charge is 0.383 e. The normalized spacial score (nSPS) is 25.9. The number of urea groups is 3. The van der Waals surface area contributed by atoms with Crippen LogP contribution in [0.1, 0.15) is 36.0 Å². The third-order valence-electron chi connectivity index (χ3n) is 16.6. The summed E-state index contributed by atoms with van der Waals surface area (Å²) in [7, 11) is 5.53. The molecule has 85 heavy (non-hydrogen) atoms. The van der Waals surface area contributed by atoms with E-state index in [1.54, 1.807) is 91.0 Å². The topological polar surface area (TPSA) is 298 Å². The third kappa shape index (κ3) is 12.5. The van der Waals surface area contributed by atoms with E-state index in [2.05, 4.69) is 16.0 Å². The monoisotopic (exact) mass is 1170 g/mol. The zero-order valence-electron chi connectivity index (χ0n) is 47.8. The van der Waals surface area contributed by atoms with Gasteiger partial charge in [-0.2, -0.15) is 0 Å². The van der Waals surface area contributed by atoms with Crippen molar-refractivity contribution in [1.82, 2.24) is 60.0 Å². The van der Waals surface area contributed by atoms with Gasteiger partial charge in [-0.05, 0) is 16.7 Å². The number of nitrogens with zero attached hydrogens (tertiary/aromatic N) is 9. The highest BCUT2D eigenvalue weighted by molar-refractivity contribution is 6.10. The molecule has 0 aromatic heterocycles. The van der Waals surface area contributed by atoms with E-state index in [9.17, 15) is 28.8 Å². The Balaban J connectivity index is 1.13. The number of carbonyl (C=O) groups excluding carboxylic acids is 12. The summed E-state index contributed by atoms with van der Waals surface area (Å²) in [6.45, 7) is -5.85. The van der Waals surface area contributed by atoms with Crippen molar-refractivity contribution in [2.45, 2.75) is 73.6 Å². The summed E-state index contributed by atoms with van der Waals surface area (Å²) in [4.78, 5) is 187. The summed E-state index contributed by atoms with van der Waals surface area (Å²) in [6, 6.07) is 19.1. The molecule has 0 saturated carbocycles. The Morgan fingerprint density at radius 2 is 0.894 bits per heavy atom. The van der Waals surface area contributed by atoms with Crippen LogP contribution in [-0.2, 0) is 77.0 Å². The molecule has 6 aliphatic rings. The zero-order chi connectivity index (χ0) is 60.8. The van der Waals surface area contributed by atoms with E-state index in [-0.39, 0.29) is 59.1 Å². The van der Waals surface area contributed by atoms with Crippen LogP contribution in [0.15, 0.2) is 91.0 Å². The van der Waals surface area contributed by atoms with E-state index in [4.69, 9.17) is 14.2 Å². The molecule has 452 valence electrons. The lowest BCUT2D eigenvalue weighted by Gasteiger charge is -2.35. The molecule has 6 atom stereocenters. The maximum atomic E-state index is 15.5. The number of nitrogens with one attached hydrogen (secondary N) is 3. The predicted octanol–water partition coefficient (Wildman–Crippen LogP) is -1.01. The summed E-state index contributed by atoms with van der Waals surface area (Å²) in [5.74, 6) is -6.88. The van der Waals surface area contributed by atoms with Gasteiger partial charge in [0.25, 0.3) is 11.8 Å². The number of rotatable bonds is 17. The number of benzene rings is 3. The molecule has 6 fully saturated rings. The van der Waals surface area contributed by atoms with Gasteiger partial charge in [-0.3, -0.25) is 48.2 Å². The predicted molar refractivity (Wildman–Crippen MR) is 297 cm³/mol. The highest BCUT2D eigenvalue weighted by atomic mass is 16.5. The van der Waals surface area contributed by atoms with Crippen molar-refractivity contribution in [3.8, 4) is 0 Å². The van der Waals surface area contributed by atoms with Crippen LogP contribution in [0.3, 0.4) is 0 Å². The molecule has 27 nitrogen and oxygen atoms in total. The molecule has 3 N–H and O–H groups in total. The minimum Gasteiger partial charge on any atom is -0.383 e. The lowest BCUT2D eigenvalue weighted by molar-refractivity contribution is -0.154. The SMILES string of the molecule is COCCN1CC(=O)N2C[C@]3(C[C@H]2C(=O)N(CCOC)CC(=O)N2C[C@]4(C[C@H]2C(=O)N(CCOC)CC(=O)N2C[C@@](C=O)(NC(=O)N(C)Cc5ccccc5)C[C@H]2C1=O)NC(=O)N(Cc1ccccc1)C4=O)NC(=O)N(Cc1ccccc1)C3=O. The average molecular weight is 1180 g/mol. The van der Waals surface area contributed by atoms with Crippen molar-refractivity contribution in [3.05, 3.63) is 108 Å². The van der Waals surface area contributed by atoms with Gasteiger partial charge in [-0.15, -0.1) is 0 Å². The molecule has 0 aliphatic carbocycles.